The number of rotatable bonds is 0. The molecule has 1 aliphatic heterocycles. The van der Waals surface area contributed by atoms with Crippen LogP contribution in [-0.4, -0.2) is 11.9 Å². The molecule has 0 aromatic heterocycles. The van der Waals surface area contributed by atoms with Crippen LogP contribution in [0.1, 0.15) is 12.8 Å². The van der Waals surface area contributed by atoms with E-state index in [1.165, 1.54) is 0 Å². The molecule has 0 N–H and O–H groups in total. The number of ether oxygens (including phenoxy) is 1. The summed E-state index contributed by atoms with van der Waals surface area (Å²) in [7, 11) is 0. The van der Waals surface area contributed by atoms with Crippen molar-refractivity contribution in [3.8, 4) is 0 Å². The summed E-state index contributed by atoms with van der Waals surface area (Å²) in [4.78, 5) is 21.2. The SMILES string of the molecule is O=C1OC(=O)[C@@H]2CC[C@@H]12. The van der Waals surface area contributed by atoms with Crippen LogP contribution in [-0.2, 0) is 14.3 Å². The Morgan fingerprint density at radius 3 is 1.78 bits per heavy atom. The Balaban J connectivity index is 2.26. The molecular formula is C6H6O3. The molecule has 0 amide bonds. The first-order chi connectivity index (χ1) is 4.29. The molecule has 0 aromatic carbocycles. The van der Waals surface area contributed by atoms with Crippen LogP contribution in [0.5, 0.6) is 0 Å². The standard InChI is InChI=1S/C6H6O3/c7-5-3-1-2-4(3)6(8)9-5/h3-4H,1-2H2/t3-,4-/m1/s1. The topological polar surface area (TPSA) is 43.4 Å². The van der Waals surface area contributed by atoms with Gasteiger partial charge in [0.1, 0.15) is 0 Å². The molecule has 2 atom stereocenters. The maximum atomic E-state index is 10.6. The van der Waals surface area contributed by atoms with E-state index in [1.54, 1.807) is 0 Å². The average molecular weight is 126 g/mol. The molecule has 1 aliphatic carbocycles. The first-order valence-electron chi connectivity index (χ1n) is 3.04. The van der Waals surface area contributed by atoms with Crippen LogP contribution in [0.15, 0.2) is 0 Å². The van der Waals surface area contributed by atoms with E-state index in [1.807, 2.05) is 0 Å². The van der Waals surface area contributed by atoms with E-state index < -0.39 is 0 Å². The van der Waals surface area contributed by atoms with Gasteiger partial charge in [-0.15, -0.1) is 0 Å². The fourth-order valence-corrected chi connectivity index (χ4v) is 1.31. The Morgan fingerprint density at radius 1 is 1.11 bits per heavy atom. The summed E-state index contributed by atoms with van der Waals surface area (Å²) in [5, 5.41) is 0. The fourth-order valence-electron chi connectivity index (χ4n) is 1.31. The monoisotopic (exact) mass is 126 g/mol. The van der Waals surface area contributed by atoms with Gasteiger partial charge in [-0.3, -0.25) is 9.59 Å². The lowest BCUT2D eigenvalue weighted by molar-refractivity contribution is -0.153. The predicted molar refractivity (Wildman–Crippen MR) is 27.3 cm³/mol. The minimum Gasteiger partial charge on any atom is -0.393 e. The van der Waals surface area contributed by atoms with Gasteiger partial charge in [-0.25, -0.2) is 0 Å². The zero-order valence-corrected chi connectivity index (χ0v) is 4.79. The summed E-state index contributed by atoms with van der Waals surface area (Å²) in [6.45, 7) is 0. The highest BCUT2D eigenvalue weighted by molar-refractivity contribution is 5.97. The lowest BCUT2D eigenvalue weighted by Gasteiger charge is -2.22. The van der Waals surface area contributed by atoms with Crippen molar-refractivity contribution in [1.82, 2.24) is 0 Å². The van der Waals surface area contributed by atoms with Crippen molar-refractivity contribution in [3.63, 3.8) is 0 Å². The van der Waals surface area contributed by atoms with Gasteiger partial charge in [-0.1, -0.05) is 0 Å². The second kappa shape index (κ2) is 1.35. The predicted octanol–water partition coefficient (Wildman–Crippen LogP) is 0.0960. The molecule has 1 saturated carbocycles. The van der Waals surface area contributed by atoms with Crippen LogP contribution in [0.4, 0.5) is 0 Å². The van der Waals surface area contributed by atoms with E-state index in [9.17, 15) is 9.59 Å². The van der Waals surface area contributed by atoms with Crippen molar-refractivity contribution in [3.05, 3.63) is 0 Å². The summed E-state index contributed by atoms with van der Waals surface area (Å²) in [6.07, 6.45) is 1.68. The second-order valence-corrected chi connectivity index (χ2v) is 2.53. The van der Waals surface area contributed by atoms with Crippen molar-refractivity contribution in [2.45, 2.75) is 12.8 Å². The second-order valence-electron chi connectivity index (χ2n) is 2.53. The molecule has 3 heteroatoms. The molecule has 1 heterocycles. The first kappa shape index (κ1) is 4.97. The molecule has 0 bridgehead atoms. The van der Waals surface area contributed by atoms with Gasteiger partial charge in [0.15, 0.2) is 0 Å². The van der Waals surface area contributed by atoms with Crippen molar-refractivity contribution in [1.29, 1.82) is 0 Å². The third kappa shape index (κ3) is 0.465. The largest absolute Gasteiger partial charge is 0.393 e. The average Bonchev–Trinajstić information content (AvgIpc) is 1.73. The number of esters is 2. The molecule has 48 valence electrons. The Kier molecular flexibility index (Phi) is 0.743. The quantitative estimate of drug-likeness (QED) is 0.341. The van der Waals surface area contributed by atoms with Crippen LogP contribution in [0.25, 0.3) is 0 Å². The molecule has 2 fully saturated rings. The molecular weight excluding hydrogens is 120 g/mol. The van der Waals surface area contributed by atoms with E-state index in [2.05, 4.69) is 4.74 Å². The summed E-state index contributed by atoms with van der Waals surface area (Å²) < 4.78 is 4.37. The molecule has 2 rings (SSSR count). The number of hydrogen-bond donors (Lipinski definition) is 0. The summed E-state index contributed by atoms with van der Waals surface area (Å²) in [5.74, 6) is -0.762. The number of hydrogen-bond acceptors (Lipinski definition) is 3. The lowest BCUT2D eigenvalue weighted by atomic mass is 9.76. The van der Waals surface area contributed by atoms with Gasteiger partial charge in [-0.2, -0.15) is 0 Å². The summed E-state index contributed by atoms with van der Waals surface area (Å²) in [6, 6.07) is 0. The summed E-state index contributed by atoms with van der Waals surface area (Å²) >= 11 is 0. The number of cyclic esters (lactones) is 2. The van der Waals surface area contributed by atoms with Crippen LogP contribution in [0, 0.1) is 11.8 Å². The van der Waals surface area contributed by atoms with E-state index in [0.29, 0.717) is 0 Å². The number of carbonyl (C=O) groups is 2. The maximum Gasteiger partial charge on any atom is 0.317 e. The van der Waals surface area contributed by atoms with Gasteiger partial charge in [0.05, 0.1) is 11.8 Å². The van der Waals surface area contributed by atoms with Gasteiger partial charge < -0.3 is 4.74 Å². The minimum atomic E-state index is -0.309. The van der Waals surface area contributed by atoms with Gasteiger partial charge in [0, 0.05) is 0 Å². The molecule has 0 aromatic rings. The number of fused-ring (bicyclic) bond motifs is 1. The fraction of sp³-hybridized carbons (Fsp3) is 0.667. The normalized spacial score (nSPS) is 39.6. The zero-order valence-electron chi connectivity index (χ0n) is 4.79. The van der Waals surface area contributed by atoms with Gasteiger partial charge in [0.25, 0.3) is 0 Å². The van der Waals surface area contributed by atoms with E-state index in [-0.39, 0.29) is 23.8 Å². The zero-order chi connectivity index (χ0) is 6.43. The highest BCUT2D eigenvalue weighted by Crippen LogP contribution is 2.40. The maximum absolute atomic E-state index is 10.6. The van der Waals surface area contributed by atoms with Crippen LogP contribution < -0.4 is 0 Å². The van der Waals surface area contributed by atoms with E-state index in [0.717, 1.165) is 12.8 Å². The van der Waals surface area contributed by atoms with Crippen molar-refractivity contribution in [2.24, 2.45) is 11.8 Å². The Hall–Kier alpha value is -0.860. The van der Waals surface area contributed by atoms with E-state index >= 15 is 0 Å². The third-order valence-electron chi connectivity index (χ3n) is 2.08. The highest BCUT2D eigenvalue weighted by Gasteiger charge is 2.50. The molecule has 9 heavy (non-hydrogen) atoms. The Labute approximate surface area is 52.0 Å². The Morgan fingerprint density at radius 2 is 1.56 bits per heavy atom. The van der Waals surface area contributed by atoms with Crippen LogP contribution in [0.3, 0.4) is 0 Å². The van der Waals surface area contributed by atoms with Crippen molar-refractivity contribution < 1.29 is 14.3 Å². The van der Waals surface area contributed by atoms with Crippen molar-refractivity contribution >= 4 is 11.9 Å². The minimum absolute atomic E-state index is 0.0718. The van der Waals surface area contributed by atoms with Crippen LogP contribution in [0.2, 0.25) is 0 Å². The summed E-state index contributed by atoms with van der Waals surface area (Å²) in [5.41, 5.74) is 0. The van der Waals surface area contributed by atoms with Crippen molar-refractivity contribution in [2.75, 3.05) is 0 Å². The molecule has 2 aliphatic rings. The number of carbonyl (C=O) groups excluding carboxylic acids is 2. The van der Waals surface area contributed by atoms with Crippen LogP contribution >= 0.6 is 0 Å². The molecule has 0 unspecified atom stereocenters. The Bertz CT molecular complexity index is 165. The van der Waals surface area contributed by atoms with Gasteiger partial charge >= 0.3 is 11.9 Å². The molecule has 0 radical (unpaired) electrons. The lowest BCUT2D eigenvalue weighted by Crippen LogP contribution is -2.27. The van der Waals surface area contributed by atoms with E-state index in [4.69, 9.17) is 0 Å². The molecule has 0 spiro atoms. The molecule has 1 saturated heterocycles. The first-order valence-corrected chi connectivity index (χ1v) is 3.04. The molecule has 3 nitrogen and oxygen atoms in total. The van der Waals surface area contributed by atoms with Gasteiger partial charge in [-0.05, 0) is 12.8 Å². The smallest absolute Gasteiger partial charge is 0.317 e. The third-order valence-corrected chi connectivity index (χ3v) is 2.08. The highest BCUT2D eigenvalue weighted by atomic mass is 16.6. The van der Waals surface area contributed by atoms with Gasteiger partial charge in [0.2, 0.25) is 0 Å².